The van der Waals surface area contributed by atoms with Gasteiger partial charge in [0.25, 0.3) is 5.91 Å². The molecule has 138 valence electrons. The first-order chi connectivity index (χ1) is 11.7. The minimum atomic E-state index is -5.04. The molecular formula is C13H13F3N2O6S. The maximum absolute atomic E-state index is 12.5. The quantitative estimate of drug-likeness (QED) is 0.565. The lowest BCUT2D eigenvalue weighted by Crippen LogP contribution is -2.43. The number of hydrogen-bond acceptors (Lipinski definition) is 6. The van der Waals surface area contributed by atoms with Gasteiger partial charge in [0.05, 0.1) is 23.0 Å². The van der Waals surface area contributed by atoms with Crippen molar-refractivity contribution >= 4 is 22.4 Å². The molecule has 25 heavy (non-hydrogen) atoms. The molecule has 1 heterocycles. The monoisotopic (exact) mass is 382 g/mol. The van der Waals surface area contributed by atoms with Crippen molar-refractivity contribution in [3.8, 4) is 5.75 Å². The molecule has 0 radical (unpaired) electrons. The van der Waals surface area contributed by atoms with Crippen molar-refractivity contribution in [1.29, 1.82) is 0 Å². The number of halogens is 3. The number of amides is 1. The lowest BCUT2D eigenvalue weighted by Gasteiger charge is -2.26. The van der Waals surface area contributed by atoms with Gasteiger partial charge >= 0.3 is 11.2 Å². The number of carbonyl (C=O) groups is 1. The lowest BCUT2D eigenvalue weighted by molar-refractivity contribution is -0.386. The molecule has 2 rings (SSSR count). The molecule has 0 aromatic heterocycles. The molecule has 12 heteroatoms. The van der Waals surface area contributed by atoms with Gasteiger partial charge in [-0.2, -0.15) is 13.2 Å². The zero-order valence-corrected chi connectivity index (χ0v) is 13.5. The van der Waals surface area contributed by atoms with Gasteiger partial charge in [0.1, 0.15) is 0 Å². The summed E-state index contributed by atoms with van der Waals surface area (Å²) in [5.74, 6) is -0.810. The first kappa shape index (κ1) is 19.1. The van der Waals surface area contributed by atoms with E-state index in [1.807, 2.05) is 0 Å². The molecule has 0 bridgehead atoms. The Kier molecular flexibility index (Phi) is 5.95. The smallest absolute Gasteiger partial charge is 0.475 e. The van der Waals surface area contributed by atoms with Crippen molar-refractivity contribution in [3.63, 3.8) is 0 Å². The van der Waals surface area contributed by atoms with Crippen LogP contribution in [0.2, 0.25) is 0 Å². The average Bonchev–Trinajstić information content (AvgIpc) is 2.58. The summed E-state index contributed by atoms with van der Waals surface area (Å²) >= 11 is 0. The van der Waals surface area contributed by atoms with Crippen molar-refractivity contribution < 1.29 is 36.6 Å². The molecule has 0 saturated carbocycles. The molecule has 8 nitrogen and oxygen atoms in total. The van der Waals surface area contributed by atoms with Crippen LogP contribution in [0, 0.1) is 10.1 Å². The topological polar surface area (TPSA) is 99.0 Å². The Hall–Kier alpha value is -2.21. The molecule has 1 amide bonds. The van der Waals surface area contributed by atoms with Gasteiger partial charge in [0.15, 0.2) is 23.2 Å². The number of benzene rings is 1. The predicted octanol–water partition coefficient (Wildman–Crippen LogP) is 1.46. The van der Waals surface area contributed by atoms with Gasteiger partial charge in [-0.1, -0.05) is 0 Å². The third-order valence-corrected chi connectivity index (χ3v) is 4.37. The van der Waals surface area contributed by atoms with Gasteiger partial charge in [0.2, 0.25) is 0 Å². The Morgan fingerprint density at radius 3 is 2.56 bits per heavy atom. The Morgan fingerprint density at radius 2 is 2.00 bits per heavy atom. The Labute approximate surface area is 142 Å². The van der Waals surface area contributed by atoms with E-state index in [0.717, 1.165) is 12.1 Å². The minimum absolute atomic E-state index is 0.355. The number of rotatable bonds is 5. The van der Waals surface area contributed by atoms with E-state index in [4.69, 9.17) is 9.47 Å². The maximum Gasteiger partial charge on any atom is 0.475 e. The van der Waals surface area contributed by atoms with Crippen molar-refractivity contribution in [2.45, 2.75) is 10.4 Å². The molecule has 1 atom stereocenters. The van der Waals surface area contributed by atoms with Crippen molar-refractivity contribution in [2.24, 2.45) is 0 Å². The van der Waals surface area contributed by atoms with Crippen LogP contribution in [0.1, 0.15) is 0 Å². The van der Waals surface area contributed by atoms with E-state index in [1.54, 1.807) is 0 Å². The summed E-state index contributed by atoms with van der Waals surface area (Å²) in [4.78, 5) is 22.7. The summed E-state index contributed by atoms with van der Waals surface area (Å²) in [6.07, 6.45) is 0. The van der Waals surface area contributed by atoms with Gasteiger partial charge in [-0.15, -0.1) is 0 Å². The van der Waals surface area contributed by atoms with Crippen LogP contribution in [0.5, 0.6) is 5.75 Å². The molecule has 0 spiro atoms. The number of nitro benzene ring substituents is 1. The van der Waals surface area contributed by atoms with Crippen LogP contribution in [0.3, 0.4) is 0 Å². The van der Waals surface area contributed by atoms with E-state index in [0.29, 0.717) is 32.4 Å². The minimum Gasteiger partial charge on any atom is -0.477 e. The van der Waals surface area contributed by atoms with E-state index < -0.39 is 44.3 Å². The predicted molar refractivity (Wildman–Crippen MR) is 78.5 cm³/mol. The summed E-state index contributed by atoms with van der Waals surface area (Å²) < 4.78 is 58.8. The fourth-order valence-corrected chi connectivity index (χ4v) is 2.73. The third kappa shape index (κ3) is 4.89. The lowest BCUT2D eigenvalue weighted by atomic mass is 10.3. The molecule has 1 aromatic carbocycles. The van der Waals surface area contributed by atoms with E-state index in [-0.39, 0.29) is 5.75 Å². The van der Waals surface area contributed by atoms with Crippen LogP contribution in [0.4, 0.5) is 18.9 Å². The van der Waals surface area contributed by atoms with Crippen LogP contribution in [0.25, 0.3) is 0 Å². The molecule has 1 aliphatic heterocycles. The molecule has 0 N–H and O–H groups in total. The number of alkyl halides is 3. The van der Waals surface area contributed by atoms with Crippen molar-refractivity contribution in [2.75, 3.05) is 32.9 Å². The second kappa shape index (κ2) is 7.78. The standard InChI is InChI=1S/C13H13F3N2O6S/c14-13(15,16)25(22)9-1-2-11(10(7-9)18(20)21)24-8-12(19)17-3-5-23-6-4-17/h1-2,7H,3-6,8H2/t25-/m1/s1. The zero-order chi connectivity index (χ0) is 18.6. The number of carbonyl (C=O) groups excluding carboxylic acids is 1. The summed E-state index contributed by atoms with van der Waals surface area (Å²) in [7, 11) is -3.40. The van der Waals surface area contributed by atoms with Crippen LogP contribution in [-0.4, -0.2) is 58.4 Å². The number of hydrogen-bond donors (Lipinski definition) is 0. The molecule has 1 saturated heterocycles. The van der Waals surface area contributed by atoms with Gasteiger partial charge in [-0.25, -0.2) is 4.21 Å². The van der Waals surface area contributed by atoms with Gasteiger partial charge in [-0.05, 0) is 12.1 Å². The van der Waals surface area contributed by atoms with E-state index >= 15 is 0 Å². The van der Waals surface area contributed by atoms with Gasteiger partial charge in [-0.3, -0.25) is 14.9 Å². The van der Waals surface area contributed by atoms with Crippen LogP contribution >= 0.6 is 0 Å². The largest absolute Gasteiger partial charge is 0.477 e. The highest BCUT2D eigenvalue weighted by molar-refractivity contribution is 7.86. The fourth-order valence-electron chi connectivity index (χ4n) is 2.05. The van der Waals surface area contributed by atoms with E-state index in [2.05, 4.69) is 0 Å². The molecular weight excluding hydrogens is 369 g/mol. The Morgan fingerprint density at radius 1 is 1.36 bits per heavy atom. The second-order valence-electron chi connectivity index (χ2n) is 4.88. The Balaban J connectivity index is 2.13. The number of morpholine rings is 1. The number of ether oxygens (including phenoxy) is 2. The van der Waals surface area contributed by atoms with Crippen LogP contribution < -0.4 is 4.74 Å². The highest BCUT2D eigenvalue weighted by Gasteiger charge is 2.39. The Bertz CT molecular complexity index is 691. The SMILES string of the molecule is O=C(COc1ccc([S@@](=O)C(F)(F)F)cc1[N+](=O)[O-])N1CCOCC1. The molecule has 0 unspecified atom stereocenters. The van der Waals surface area contributed by atoms with Crippen molar-refractivity contribution in [1.82, 2.24) is 4.90 Å². The maximum atomic E-state index is 12.5. The zero-order valence-electron chi connectivity index (χ0n) is 12.7. The van der Waals surface area contributed by atoms with Crippen LogP contribution in [-0.2, 0) is 20.3 Å². The number of nitrogens with zero attached hydrogens (tertiary/aromatic N) is 2. The van der Waals surface area contributed by atoms with E-state index in [9.17, 15) is 32.3 Å². The third-order valence-electron chi connectivity index (χ3n) is 3.27. The highest BCUT2D eigenvalue weighted by atomic mass is 32.2. The molecule has 1 aliphatic rings. The average molecular weight is 382 g/mol. The summed E-state index contributed by atoms with van der Waals surface area (Å²) in [5, 5.41) is 11.0. The van der Waals surface area contributed by atoms with Crippen LogP contribution in [0.15, 0.2) is 23.1 Å². The normalized spacial score (nSPS) is 16.4. The summed E-state index contributed by atoms with van der Waals surface area (Å²) in [5.41, 5.74) is -5.84. The van der Waals surface area contributed by atoms with E-state index in [1.165, 1.54) is 4.90 Å². The summed E-state index contributed by atoms with van der Waals surface area (Å²) in [6, 6.07) is 2.23. The fraction of sp³-hybridized carbons (Fsp3) is 0.462. The van der Waals surface area contributed by atoms with Gasteiger partial charge in [0, 0.05) is 19.2 Å². The second-order valence-corrected chi connectivity index (χ2v) is 6.35. The summed E-state index contributed by atoms with van der Waals surface area (Å²) in [6.45, 7) is 0.928. The molecule has 1 fully saturated rings. The van der Waals surface area contributed by atoms with Gasteiger partial charge < -0.3 is 14.4 Å². The number of nitro groups is 1. The molecule has 1 aromatic rings. The first-order valence-corrected chi connectivity index (χ1v) is 8.10. The molecule has 0 aliphatic carbocycles. The first-order valence-electron chi connectivity index (χ1n) is 6.95. The van der Waals surface area contributed by atoms with Crippen molar-refractivity contribution in [3.05, 3.63) is 28.3 Å². The highest BCUT2D eigenvalue weighted by Crippen LogP contribution is 2.33.